The van der Waals surface area contributed by atoms with Gasteiger partial charge in [-0.25, -0.2) is 4.39 Å². The first kappa shape index (κ1) is 12.4. The molecule has 0 aromatic heterocycles. The number of halogens is 1. The first-order valence-electron chi connectivity index (χ1n) is 5.24. The minimum Gasteiger partial charge on any atom is -0.404 e. The highest BCUT2D eigenvalue weighted by Crippen LogP contribution is 2.22. The number of allylic oxidation sites excluding steroid dienone is 1. The number of nitrogens with zero attached hydrogens (tertiary/aromatic N) is 1. The standard InChI is InChI=1S/C13H17FN2/c1-9(2)10-4-5-13(14)12(6-10)11(7-15)8-16-3/h4-9H,15H2,1-3H3/b11-7+,16-8?. The number of hydrogen-bond donors (Lipinski definition) is 1. The summed E-state index contributed by atoms with van der Waals surface area (Å²) in [6.07, 6.45) is 2.93. The minimum absolute atomic E-state index is 0.277. The summed E-state index contributed by atoms with van der Waals surface area (Å²) in [6, 6.07) is 5.08. The Kier molecular flexibility index (Phi) is 4.23. The maximum Gasteiger partial charge on any atom is 0.131 e. The Hall–Kier alpha value is -1.64. The Bertz CT molecular complexity index is 420. The van der Waals surface area contributed by atoms with E-state index in [1.54, 1.807) is 19.3 Å². The van der Waals surface area contributed by atoms with Gasteiger partial charge < -0.3 is 5.73 Å². The third kappa shape index (κ3) is 2.69. The molecule has 1 aromatic rings. The fourth-order valence-corrected chi connectivity index (χ4v) is 1.46. The van der Waals surface area contributed by atoms with Gasteiger partial charge >= 0.3 is 0 Å². The Morgan fingerprint density at radius 2 is 2.12 bits per heavy atom. The van der Waals surface area contributed by atoms with Crippen molar-refractivity contribution in [2.45, 2.75) is 19.8 Å². The Morgan fingerprint density at radius 1 is 1.44 bits per heavy atom. The van der Waals surface area contributed by atoms with Crippen LogP contribution in [0, 0.1) is 5.82 Å². The molecule has 0 aliphatic carbocycles. The van der Waals surface area contributed by atoms with Crippen molar-refractivity contribution in [3.05, 3.63) is 41.3 Å². The topological polar surface area (TPSA) is 38.4 Å². The second kappa shape index (κ2) is 5.45. The fraction of sp³-hybridized carbons (Fsp3) is 0.308. The van der Waals surface area contributed by atoms with Crippen molar-refractivity contribution in [3.63, 3.8) is 0 Å². The predicted molar refractivity (Wildman–Crippen MR) is 67.1 cm³/mol. The molecule has 0 heterocycles. The van der Waals surface area contributed by atoms with Crippen LogP contribution >= 0.6 is 0 Å². The molecule has 2 nitrogen and oxygen atoms in total. The average Bonchev–Trinajstić information content (AvgIpc) is 2.26. The predicted octanol–water partition coefficient (Wildman–Crippen LogP) is 2.95. The van der Waals surface area contributed by atoms with Gasteiger partial charge in [-0.3, -0.25) is 4.99 Å². The summed E-state index contributed by atoms with van der Waals surface area (Å²) in [7, 11) is 1.63. The smallest absolute Gasteiger partial charge is 0.131 e. The molecular weight excluding hydrogens is 203 g/mol. The van der Waals surface area contributed by atoms with Crippen LogP contribution in [0.5, 0.6) is 0 Å². The first-order chi connectivity index (χ1) is 7.60. The van der Waals surface area contributed by atoms with E-state index in [2.05, 4.69) is 18.8 Å². The van der Waals surface area contributed by atoms with E-state index < -0.39 is 0 Å². The van der Waals surface area contributed by atoms with Gasteiger partial charge in [0, 0.05) is 30.6 Å². The van der Waals surface area contributed by atoms with Crippen molar-refractivity contribution in [2.75, 3.05) is 7.05 Å². The third-order valence-corrected chi connectivity index (χ3v) is 2.42. The zero-order chi connectivity index (χ0) is 12.1. The summed E-state index contributed by atoms with van der Waals surface area (Å²) in [4.78, 5) is 3.86. The summed E-state index contributed by atoms with van der Waals surface area (Å²) in [6.45, 7) is 4.13. The molecule has 3 heteroatoms. The molecule has 1 rings (SSSR count). The molecule has 0 unspecified atom stereocenters. The van der Waals surface area contributed by atoms with E-state index in [9.17, 15) is 4.39 Å². The highest BCUT2D eigenvalue weighted by molar-refractivity contribution is 6.09. The summed E-state index contributed by atoms with van der Waals surface area (Å²) in [5.74, 6) is 0.0814. The van der Waals surface area contributed by atoms with Gasteiger partial charge in [-0.15, -0.1) is 0 Å². The summed E-state index contributed by atoms with van der Waals surface area (Å²) < 4.78 is 13.6. The Labute approximate surface area is 95.7 Å². The van der Waals surface area contributed by atoms with Gasteiger partial charge in [0.25, 0.3) is 0 Å². The van der Waals surface area contributed by atoms with E-state index in [1.165, 1.54) is 12.3 Å². The molecule has 0 spiro atoms. The van der Waals surface area contributed by atoms with Crippen LogP contribution in [0.4, 0.5) is 4.39 Å². The number of benzene rings is 1. The van der Waals surface area contributed by atoms with Gasteiger partial charge in [-0.05, 0) is 23.6 Å². The lowest BCUT2D eigenvalue weighted by Crippen LogP contribution is -1.98. The molecule has 0 amide bonds. The normalized spacial score (nSPS) is 12.7. The second-order valence-electron chi connectivity index (χ2n) is 3.90. The summed E-state index contributed by atoms with van der Waals surface area (Å²) in [5, 5.41) is 0. The van der Waals surface area contributed by atoms with Gasteiger partial charge in [-0.2, -0.15) is 0 Å². The van der Waals surface area contributed by atoms with Gasteiger partial charge in [0.1, 0.15) is 5.82 Å². The Balaban J connectivity index is 3.26. The van der Waals surface area contributed by atoms with Crippen LogP contribution in [-0.4, -0.2) is 13.3 Å². The molecule has 0 aliphatic rings. The van der Waals surface area contributed by atoms with Gasteiger partial charge in [0.2, 0.25) is 0 Å². The number of aliphatic imine (C=N–C) groups is 1. The van der Waals surface area contributed by atoms with E-state index in [0.29, 0.717) is 17.1 Å². The van der Waals surface area contributed by atoms with Crippen LogP contribution < -0.4 is 5.73 Å². The van der Waals surface area contributed by atoms with Crippen LogP contribution in [0.3, 0.4) is 0 Å². The van der Waals surface area contributed by atoms with E-state index in [4.69, 9.17) is 5.73 Å². The van der Waals surface area contributed by atoms with Crippen molar-refractivity contribution >= 4 is 11.8 Å². The molecule has 0 aliphatic heterocycles. The Morgan fingerprint density at radius 3 is 2.62 bits per heavy atom. The zero-order valence-electron chi connectivity index (χ0n) is 9.87. The van der Waals surface area contributed by atoms with Gasteiger partial charge in [-0.1, -0.05) is 19.9 Å². The van der Waals surface area contributed by atoms with Crippen molar-refractivity contribution < 1.29 is 4.39 Å². The molecule has 0 radical (unpaired) electrons. The zero-order valence-corrected chi connectivity index (χ0v) is 9.87. The molecule has 0 bridgehead atoms. The number of rotatable bonds is 3. The first-order valence-corrected chi connectivity index (χ1v) is 5.24. The molecule has 0 atom stereocenters. The maximum absolute atomic E-state index is 13.6. The molecule has 16 heavy (non-hydrogen) atoms. The number of hydrogen-bond acceptors (Lipinski definition) is 2. The van der Waals surface area contributed by atoms with Crippen LogP contribution in [0.1, 0.15) is 30.9 Å². The molecule has 2 N–H and O–H groups in total. The lowest BCUT2D eigenvalue weighted by Gasteiger charge is -2.09. The molecule has 86 valence electrons. The number of nitrogens with two attached hydrogens (primary N) is 1. The third-order valence-electron chi connectivity index (χ3n) is 2.42. The van der Waals surface area contributed by atoms with Crippen LogP contribution in [0.25, 0.3) is 5.57 Å². The fourth-order valence-electron chi connectivity index (χ4n) is 1.46. The van der Waals surface area contributed by atoms with Crippen molar-refractivity contribution in [1.82, 2.24) is 0 Å². The lowest BCUT2D eigenvalue weighted by molar-refractivity contribution is 0.623. The van der Waals surface area contributed by atoms with Crippen molar-refractivity contribution in [3.8, 4) is 0 Å². The van der Waals surface area contributed by atoms with Crippen LogP contribution in [0.2, 0.25) is 0 Å². The summed E-state index contributed by atoms with van der Waals surface area (Å²) >= 11 is 0. The average molecular weight is 220 g/mol. The van der Waals surface area contributed by atoms with Crippen molar-refractivity contribution in [1.29, 1.82) is 0 Å². The molecule has 0 saturated heterocycles. The van der Waals surface area contributed by atoms with Crippen LogP contribution in [0.15, 0.2) is 29.4 Å². The lowest BCUT2D eigenvalue weighted by atomic mass is 9.97. The highest BCUT2D eigenvalue weighted by Gasteiger charge is 2.08. The van der Waals surface area contributed by atoms with Crippen molar-refractivity contribution in [2.24, 2.45) is 10.7 Å². The molecule has 0 saturated carbocycles. The quantitative estimate of drug-likeness (QED) is 0.781. The molecule has 1 aromatic carbocycles. The largest absolute Gasteiger partial charge is 0.404 e. The maximum atomic E-state index is 13.6. The van der Waals surface area contributed by atoms with E-state index in [-0.39, 0.29) is 5.82 Å². The molecule has 0 fully saturated rings. The van der Waals surface area contributed by atoms with Gasteiger partial charge in [0.15, 0.2) is 0 Å². The van der Waals surface area contributed by atoms with Crippen LogP contribution in [-0.2, 0) is 0 Å². The second-order valence-corrected chi connectivity index (χ2v) is 3.90. The minimum atomic E-state index is -0.277. The van der Waals surface area contributed by atoms with E-state index >= 15 is 0 Å². The highest BCUT2D eigenvalue weighted by atomic mass is 19.1. The summed E-state index contributed by atoms with van der Waals surface area (Å²) in [5.41, 5.74) is 7.65. The van der Waals surface area contributed by atoms with E-state index in [1.807, 2.05) is 6.07 Å². The molecular formula is C13H17FN2. The van der Waals surface area contributed by atoms with Gasteiger partial charge in [0.05, 0.1) is 0 Å². The monoisotopic (exact) mass is 220 g/mol. The van der Waals surface area contributed by atoms with E-state index in [0.717, 1.165) is 5.56 Å². The SMILES string of the molecule is CN=C/C(=C\N)c1cc(C(C)C)ccc1F.